The maximum Gasteiger partial charge on any atom is 0.226 e. The van der Waals surface area contributed by atoms with Crippen molar-refractivity contribution in [1.29, 1.82) is 0 Å². The van der Waals surface area contributed by atoms with Gasteiger partial charge >= 0.3 is 0 Å². The Morgan fingerprint density at radius 1 is 1.00 bits per heavy atom. The molecule has 4 rings (SSSR count). The maximum absolute atomic E-state index is 12.6. The summed E-state index contributed by atoms with van der Waals surface area (Å²) in [5.41, 5.74) is 5.02. The van der Waals surface area contributed by atoms with E-state index in [0.29, 0.717) is 6.54 Å². The molecule has 2 aromatic carbocycles. The van der Waals surface area contributed by atoms with Crippen molar-refractivity contribution in [2.45, 2.75) is 38.9 Å². The lowest BCUT2D eigenvalue weighted by molar-refractivity contribution is -0.126. The Bertz CT molecular complexity index is 726. The molecule has 4 heteroatoms. The van der Waals surface area contributed by atoms with E-state index in [1.807, 2.05) is 18.2 Å². The summed E-state index contributed by atoms with van der Waals surface area (Å²) in [5, 5.41) is 6.51. The number of hydrogen-bond donors (Lipinski definition) is 2. The van der Waals surface area contributed by atoms with Crippen LogP contribution in [0.1, 0.15) is 35.1 Å². The van der Waals surface area contributed by atoms with Crippen LogP contribution in [0.3, 0.4) is 0 Å². The first-order valence-electron chi connectivity index (χ1n) is 8.39. The van der Waals surface area contributed by atoms with Crippen molar-refractivity contribution in [2.24, 2.45) is 5.41 Å². The first-order valence-corrected chi connectivity index (χ1v) is 8.39. The quantitative estimate of drug-likeness (QED) is 0.875. The number of fused-ring (bicyclic) bond motifs is 1. The average Bonchev–Trinajstić information content (AvgIpc) is 3.21. The zero-order valence-electron chi connectivity index (χ0n) is 13.7. The molecule has 3 nitrogen and oxygen atoms in total. The van der Waals surface area contributed by atoms with Crippen LogP contribution in [0.4, 0.5) is 0 Å². The molecule has 1 saturated carbocycles. The van der Waals surface area contributed by atoms with Gasteiger partial charge in [-0.05, 0) is 41.5 Å². The van der Waals surface area contributed by atoms with E-state index in [9.17, 15) is 4.79 Å². The zero-order chi connectivity index (χ0) is 15.7. The molecule has 1 aliphatic carbocycles. The van der Waals surface area contributed by atoms with Crippen LogP contribution >= 0.6 is 12.4 Å². The number of carbonyl (C=O) groups is 1. The highest BCUT2D eigenvalue weighted by Crippen LogP contribution is 2.48. The molecular formula is C20H23ClN2O. The molecule has 1 fully saturated rings. The Balaban J connectivity index is 0.00000169. The fraction of sp³-hybridized carbons (Fsp3) is 0.350. The van der Waals surface area contributed by atoms with Crippen LogP contribution in [-0.4, -0.2) is 5.91 Å². The number of carbonyl (C=O) groups excluding carboxylic acids is 1. The van der Waals surface area contributed by atoms with Crippen LogP contribution in [-0.2, 0) is 30.8 Å². The van der Waals surface area contributed by atoms with Crippen molar-refractivity contribution in [1.82, 2.24) is 10.6 Å². The van der Waals surface area contributed by atoms with E-state index in [0.717, 1.165) is 32.4 Å². The second kappa shape index (κ2) is 6.96. The molecule has 2 N–H and O–H groups in total. The molecule has 0 spiro atoms. The molecule has 1 heterocycles. The molecule has 0 radical (unpaired) electrons. The summed E-state index contributed by atoms with van der Waals surface area (Å²) in [6, 6.07) is 16.8. The monoisotopic (exact) mass is 342 g/mol. The molecule has 0 aromatic heterocycles. The third kappa shape index (κ3) is 3.47. The Kier molecular flexibility index (Phi) is 4.93. The minimum Gasteiger partial charge on any atom is -0.352 e. The van der Waals surface area contributed by atoms with Crippen LogP contribution < -0.4 is 10.6 Å². The lowest BCUT2D eigenvalue weighted by Gasteiger charge is -2.16. The van der Waals surface area contributed by atoms with Crippen molar-refractivity contribution in [2.75, 3.05) is 0 Å². The van der Waals surface area contributed by atoms with Crippen molar-refractivity contribution in [3.63, 3.8) is 0 Å². The third-order valence-corrected chi connectivity index (χ3v) is 5.08. The van der Waals surface area contributed by atoms with Gasteiger partial charge < -0.3 is 10.6 Å². The van der Waals surface area contributed by atoms with E-state index in [1.54, 1.807) is 0 Å². The number of rotatable bonds is 5. The van der Waals surface area contributed by atoms with Crippen molar-refractivity contribution >= 4 is 18.3 Å². The van der Waals surface area contributed by atoms with Crippen LogP contribution in [0.2, 0.25) is 0 Å². The number of hydrogen-bond acceptors (Lipinski definition) is 2. The number of halogens is 1. The molecule has 1 amide bonds. The number of nitrogens with one attached hydrogen (secondary N) is 2. The van der Waals surface area contributed by atoms with Gasteiger partial charge in [-0.2, -0.15) is 0 Å². The molecular weight excluding hydrogens is 320 g/mol. The second-order valence-corrected chi connectivity index (χ2v) is 6.83. The van der Waals surface area contributed by atoms with Crippen LogP contribution in [0.15, 0.2) is 48.5 Å². The highest BCUT2D eigenvalue weighted by Gasteiger charge is 2.49. The standard InChI is InChI=1S/C20H22N2O.ClH/c23-19(20(8-9-20)11-15-4-2-1-3-5-15)22-12-16-6-7-17-13-21-14-18(17)10-16;/h1-7,10,21H,8-9,11-14H2,(H,22,23);1H. The third-order valence-electron chi connectivity index (χ3n) is 5.08. The van der Waals surface area contributed by atoms with E-state index in [4.69, 9.17) is 0 Å². The maximum atomic E-state index is 12.6. The predicted molar refractivity (Wildman–Crippen MR) is 97.9 cm³/mol. The van der Waals surface area contributed by atoms with Crippen LogP contribution in [0.25, 0.3) is 0 Å². The summed E-state index contributed by atoms with van der Waals surface area (Å²) in [7, 11) is 0. The molecule has 0 atom stereocenters. The minimum atomic E-state index is -0.167. The molecule has 126 valence electrons. The SMILES string of the molecule is Cl.O=C(NCc1ccc2c(c1)CNC2)C1(Cc2ccccc2)CC1. The van der Waals surface area contributed by atoms with E-state index in [1.165, 1.54) is 22.3 Å². The van der Waals surface area contributed by atoms with Gasteiger partial charge in [-0.3, -0.25) is 4.79 Å². The summed E-state index contributed by atoms with van der Waals surface area (Å²) in [6.07, 6.45) is 2.86. The van der Waals surface area contributed by atoms with Crippen molar-refractivity contribution in [3.8, 4) is 0 Å². The first-order chi connectivity index (χ1) is 11.3. The molecule has 0 bridgehead atoms. The van der Waals surface area contributed by atoms with Crippen molar-refractivity contribution in [3.05, 3.63) is 70.8 Å². The molecule has 1 aliphatic heterocycles. The fourth-order valence-electron chi connectivity index (χ4n) is 3.45. The van der Waals surface area contributed by atoms with E-state index < -0.39 is 0 Å². The number of benzene rings is 2. The van der Waals surface area contributed by atoms with Crippen molar-refractivity contribution < 1.29 is 4.79 Å². The smallest absolute Gasteiger partial charge is 0.226 e. The van der Waals surface area contributed by atoms with Gasteiger partial charge in [0.15, 0.2) is 0 Å². The Hall–Kier alpha value is -1.84. The highest BCUT2D eigenvalue weighted by molar-refractivity contribution is 5.85. The predicted octanol–water partition coefficient (Wildman–Crippen LogP) is 3.35. The summed E-state index contributed by atoms with van der Waals surface area (Å²) in [4.78, 5) is 12.6. The van der Waals surface area contributed by atoms with Gasteiger partial charge in [-0.25, -0.2) is 0 Å². The van der Waals surface area contributed by atoms with E-state index in [2.05, 4.69) is 41.0 Å². The van der Waals surface area contributed by atoms with Crippen LogP contribution in [0, 0.1) is 5.41 Å². The highest BCUT2D eigenvalue weighted by atomic mass is 35.5. The Morgan fingerprint density at radius 2 is 1.75 bits per heavy atom. The lowest BCUT2D eigenvalue weighted by Crippen LogP contribution is -2.33. The molecule has 2 aliphatic rings. The number of amides is 1. The van der Waals surface area contributed by atoms with Gasteiger partial charge in [-0.1, -0.05) is 48.5 Å². The van der Waals surface area contributed by atoms with E-state index in [-0.39, 0.29) is 23.7 Å². The Labute approximate surface area is 149 Å². The summed E-state index contributed by atoms with van der Waals surface area (Å²) < 4.78 is 0. The van der Waals surface area contributed by atoms with Gasteiger partial charge in [-0.15, -0.1) is 12.4 Å². The topological polar surface area (TPSA) is 41.1 Å². The van der Waals surface area contributed by atoms with Gasteiger partial charge in [0.1, 0.15) is 0 Å². The molecule has 2 aromatic rings. The van der Waals surface area contributed by atoms with Gasteiger partial charge in [0, 0.05) is 19.6 Å². The summed E-state index contributed by atoms with van der Waals surface area (Å²) >= 11 is 0. The minimum absolute atomic E-state index is 0. The first kappa shape index (κ1) is 17.0. The van der Waals surface area contributed by atoms with E-state index >= 15 is 0 Å². The fourth-order valence-corrected chi connectivity index (χ4v) is 3.45. The normalized spacial score (nSPS) is 16.8. The zero-order valence-corrected chi connectivity index (χ0v) is 14.5. The molecule has 24 heavy (non-hydrogen) atoms. The Morgan fingerprint density at radius 3 is 2.50 bits per heavy atom. The van der Waals surface area contributed by atoms with Gasteiger partial charge in [0.05, 0.1) is 5.41 Å². The van der Waals surface area contributed by atoms with Gasteiger partial charge in [0.25, 0.3) is 0 Å². The molecule has 0 unspecified atom stereocenters. The average molecular weight is 343 g/mol. The lowest BCUT2D eigenvalue weighted by atomic mass is 9.95. The second-order valence-electron chi connectivity index (χ2n) is 6.83. The summed E-state index contributed by atoms with van der Waals surface area (Å²) in [6.45, 7) is 2.53. The molecule has 0 saturated heterocycles. The summed E-state index contributed by atoms with van der Waals surface area (Å²) in [5.74, 6) is 0.208. The van der Waals surface area contributed by atoms with Crippen LogP contribution in [0.5, 0.6) is 0 Å². The largest absolute Gasteiger partial charge is 0.352 e. The van der Waals surface area contributed by atoms with Gasteiger partial charge in [0.2, 0.25) is 5.91 Å².